The standard InChI is InChI=1S/C27H29N3O5S/c1-4-6-15-35-21-9-7-8-19(16-21)23-22(24(31)18-10-12-20(13-11-18)34-14-5-2)25(32)26(33)30(23)27-29-28-17(3)36-27/h7-13,16,23,31H,4-6,14-15H2,1-3H3/b24-22+. The molecule has 2 aromatic carbocycles. The van der Waals surface area contributed by atoms with Crippen molar-refractivity contribution in [2.24, 2.45) is 0 Å². The normalized spacial score (nSPS) is 17.0. The Kier molecular flexibility index (Phi) is 8.00. The summed E-state index contributed by atoms with van der Waals surface area (Å²) in [4.78, 5) is 27.8. The molecule has 0 aliphatic carbocycles. The fraction of sp³-hybridized carbons (Fsp3) is 0.333. The van der Waals surface area contributed by atoms with Crippen LogP contribution in [0.25, 0.3) is 5.76 Å². The smallest absolute Gasteiger partial charge is 0.301 e. The van der Waals surface area contributed by atoms with Gasteiger partial charge in [0.1, 0.15) is 22.3 Å². The SMILES string of the molecule is CCCCOc1cccc(C2/C(=C(\O)c3ccc(OCCC)cc3)C(=O)C(=O)N2c2nnc(C)s2)c1. The van der Waals surface area contributed by atoms with Gasteiger partial charge in [0.15, 0.2) is 0 Å². The van der Waals surface area contributed by atoms with E-state index in [4.69, 9.17) is 9.47 Å². The van der Waals surface area contributed by atoms with Crippen LogP contribution in [-0.2, 0) is 9.59 Å². The molecule has 3 aromatic rings. The summed E-state index contributed by atoms with van der Waals surface area (Å²) < 4.78 is 11.5. The minimum Gasteiger partial charge on any atom is -0.507 e. The van der Waals surface area contributed by atoms with Crippen molar-refractivity contribution in [1.29, 1.82) is 0 Å². The van der Waals surface area contributed by atoms with Gasteiger partial charge < -0.3 is 14.6 Å². The number of aryl methyl sites for hydroxylation is 1. The number of rotatable bonds is 10. The second-order valence-electron chi connectivity index (χ2n) is 8.42. The summed E-state index contributed by atoms with van der Waals surface area (Å²) in [5.74, 6) is -0.530. The van der Waals surface area contributed by atoms with Crippen molar-refractivity contribution in [1.82, 2.24) is 10.2 Å². The second kappa shape index (κ2) is 11.3. The number of ketones is 1. The van der Waals surface area contributed by atoms with Crippen molar-refractivity contribution >= 4 is 33.9 Å². The minimum absolute atomic E-state index is 0.0132. The number of ether oxygens (including phenoxy) is 2. The van der Waals surface area contributed by atoms with Crippen LogP contribution >= 0.6 is 11.3 Å². The van der Waals surface area contributed by atoms with Crippen molar-refractivity contribution < 1.29 is 24.2 Å². The Hall–Kier alpha value is -3.72. The number of Topliss-reactive ketones (excluding diaryl/α,β-unsaturated/α-hetero) is 1. The summed E-state index contributed by atoms with van der Waals surface area (Å²) in [6, 6.07) is 13.1. The number of amides is 1. The first kappa shape index (κ1) is 25.4. The summed E-state index contributed by atoms with van der Waals surface area (Å²) in [7, 11) is 0. The van der Waals surface area contributed by atoms with Gasteiger partial charge in [-0.05, 0) is 61.7 Å². The molecule has 0 radical (unpaired) electrons. The van der Waals surface area contributed by atoms with E-state index in [2.05, 4.69) is 17.1 Å². The lowest BCUT2D eigenvalue weighted by Crippen LogP contribution is -2.29. The number of carbonyl (C=O) groups excluding carboxylic acids is 2. The molecule has 4 rings (SSSR count). The highest BCUT2D eigenvalue weighted by molar-refractivity contribution is 7.15. The topological polar surface area (TPSA) is 102 Å². The summed E-state index contributed by atoms with van der Waals surface area (Å²) in [6.07, 6.45) is 2.78. The molecule has 1 saturated heterocycles. The van der Waals surface area contributed by atoms with Gasteiger partial charge >= 0.3 is 5.91 Å². The van der Waals surface area contributed by atoms with Crippen LogP contribution in [0.1, 0.15) is 55.3 Å². The number of anilines is 1. The molecule has 0 saturated carbocycles. The van der Waals surface area contributed by atoms with E-state index in [9.17, 15) is 14.7 Å². The van der Waals surface area contributed by atoms with Crippen LogP contribution in [0.15, 0.2) is 54.1 Å². The molecule has 1 N–H and O–H groups in total. The van der Waals surface area contributed by atoms with E-state index < -0.39 is 17.7 Å². The van der Waals surface area contributed by atoms with Crippen LogP contribution in [0.5, 0.6) is 11.5 Å². The molecule has 1 atom stereocenters. The Labute approximate surface area is 214 Å². The van der Waals surface area contributed by atoms with Crippen molar-refractivity contribution in [3.63, 3.8) is 0 Å². The fourth-order valence-corrected chi connectivity index (χ4v) is 4.64. The first-order valence-electron chi connectivity index (χ1n) is 12.0. The van der Waals surface area contributed by atoms with E-state index in [-0.39, 0.29) is 11.3 Å². The van der Waals surface area contributed by atoms with Crippen LogP contribution < -0.4 is 14.4 Å². The third kappa shape index (κ3) is 5.26. The maximum Gasteiger partial charge on any atom is 0.301 e. The zero-order chi connectivity index (χ0) is 25.7. The highest BCUT2D eigenvalue weighted by Crippen LogP contribution is 2.43. The summed E-state index contributed by atoms with van der Waals surface area (Å²) >= 11 is 1.21. The number of unbranched alkanes of at least 4 members (excludes halogenated alkanes) is 1. The second-order valence-corrected chi connectivity index (χ2v) is 9.58. The fourth-order valence-electron chi connectivity index (χ4n) is 3.92. The molecule has 0 bridgehead atoms. The van der Waals surface area contributed by atoms with Crippen molar-refractivity contribution in [2.75, 3.05) is 18.1 Å². The molecule has 9 heteroatoms. The van der Waals surface area contributed by atoms with Gasteiger partial charge in [-0.1, -0.05) is 43.7 Å². The summed E-state index contributed by atoms with van der Waals surface area (Å²) in [6.45, 7) is 7.01. The van der Waals surface area contributed by atoms with Gasteiger partial charge in [0.25, 0.3) is 5.78 Å². The van der Waals surface area contributed by atoms with Gasteiger partial charge in [-0.25, -0.2) is 0 Å². The van der Waals surface area contributed by atoms with Crippen LogP contribution in [0.3, 0.4) is 0 Å². The van der Waals surface area contributed by atoms with E-state index in [1.807, 2.05) is 19.1 Å². The average Bonchev–Trinajstić information content (AvgIpc) is 3.43. The maximum atomic E-state index is 13.3. The molecular formula is C27H29N3O5S. The van der Waals surface area contributed by atoms with Crippen LogP contribution in [0.2, 0.25) is 0 Å². The van der Waals surface area contributed by atoms with Crippen molar-refractivity contribution in [3.05, 3.63) is 70.2 Å². The minimum atomic E-state index is -0.886. The van der Waals surface area contributed by atoms with Crippen LogP contribution in [0.4, 0.5) is 5.13 Å². The number of aliphatic hydroxyl groups excluding tert-OH is 1. The Morgan fingerprint density at radius 3 is 2.42 bits per heavy atom. The van der Waals surface area contributed by atoms with Crippen LogP contribution in [-0.4, -0.2) is 40.2 Å². The van der Waals surface area contributed by atoms with E-state index in [0.717, 1.165) is 19.3 Å². The molecule has 1 aliphatic heterocycles. The Morgan fingerprint density at radius 2 is 1.75 bits per heavy atom. The predicted octanol–water partition coefficient (Wildman–Crippen LogP) is 5.44. The molecule has 1 aromatic heterocycles. The zero-order valence-electron chi connectivity index (χ0n) is 20.6. The van der Waals surface area contributed by atoms with Gasteiger partial charge in [-0.15, -0.1) is 10.2 Å². The quantitative estimate of drug-likeness (QED) is 0.169. The van der Waals surface area contributed by atoms with Gasteiger partial charge in [0.05, 0.1) is 24.8 Å². The molecule has 8 nitrogen and oxygen atoms in total. The number of hydrogen-bond acceptors (Lipinski definition) is 8. The van der Waals surface area contributed by atoms with E-state index in [1.165, 1.54) is 16.2 Å². The molecule has 36 heavy (non-hydrogen) atoms. The summed E-state index contributed by atoms with van der Waals surface area (Å²) in [5.41, 5.74) is 1.02. The highest BCUT2D eigenvalue weighted by atomic mass is 32.1. The Bertz CT molecular complexity index is 1270. The lowest BCUT2D eigenvalue weighted by atomic mass is 9.95. The van der Waals surface area contributed by atoms with Gasteiger partial charge in [0, 0.05) is 5.56 Å². The first-order chi connectivity index (χ1) is 17.4. The molecule has 1 unspecified atom stereocenters. The number of aliphatic hydroxyl groups is 1. The number of hydrogen-bond donors (Lipinski definition) is 1. The third-order valence-corrected chi connectivity index (χ3v) is 6.54. The highest BCUT2D eigenvalue weighted by Gasteiger charge is 2.48. The van der Waals surface area contributed by atoms with Crippen molar-refractivity contribution in [3.8, 4) is 11.5 Å². The van der Waals surface area contributed by atoms with Gasteiger partial charge in [-0.2, -0.15) is 0 Å². The predicted molar refractivity (Wildman–Crippen MR) is 139 cm³/mol. The molecule has 1 amide bonds. The molecular weight excluding hydrogens is 478 g/mol. The Morgan fingerprint density at radius 1 is 1.00 bits per heavy atom. The van der Waals surface area contributed by atoms with E-state index >= 15 is 0 Å². The zero-order valence-corrected chi connectivity index (χ0v) is 21.4. The largest absolute Gasteiger partial charge is 0.507 e. The van der Waals surface area contributed by atoms with Crippen LogP contribution in [0, 0.1) is 6.92 Å². The van der Waals surface area contributed by atoms with Gasteiger partial charge in [0.2, 0.25) is 5.13 Å². The Balaban J connectivity index is 1.80. The maximum absolute atomic E-state index is 13.3. The molecule has 2 heterocycles. The lowest BCUT2D eigenvalue weighted by Gasteiger charge is -2.23. The first-order valence-corrected chi connectivity index (χ1v) is 12.8. The van der Waals surface area contributed by atoms with Gasteiger partial charge in [-0.3, -0.25) is 14.5 Å². The molecule has 1 aliphatic rings. The summed E-state index contributed by atoms with van der Waals surface area (Å²) in [5, 5.41) is 20.4. The third-order valence-electron chi connectivity index (χ3n) is 5.71. The average molecular weight is 508 g/mol. The molecule has 188 valence electrons. The number of benzene rings is 2. The van der Waals surface area contributed by atoms with E-state index in [0.29, 0.717) is 46.0 Å². The number of carbonyl (C=O) groups is 2. The number of aromatic nitrogens is 2. The molecule has 1 fully saturated rings. The monoisotopic (exact) mass is 507 g/mol. The molecule has 0 spiro atoms. The van der Waals surface area contributed by atoms with E-state index in [1.54, 1.807) is 43.3 Å². The number of nitrogens with zero attached hydrogens (tertiary/aromatic N) is 3. The lowest BCUT2D eigenvalue weighted by molar-refractivity contribution is -0.132. The van der Waals surface area contributed by atoms with Crippen molar-refractivity contribution in [2.45, 2.75) is 46.1 Å².